The first kappa shape index (κ1) is 25.1. The maximum atomic E-state index is 13.5. The molecule has 7 nitrogen and oxygen atoms in total. The van der Waals surface area contributed by atoms with E-state index >= 15 is 0 Å². The first-order valence-electron chi connectivity index (χ1n) is 12.0. The number of benzene rings is 2. The van der Waals surface area contributed by atoms with Crippen LogP contribution in [0.3, 0.4) is 0 Å². The van der Waals surface area contributed by atoms with E-state index < -0.39 is 0 Å². The molecule has 1 fully saturated rings. The van der Waals surface area contributed by atoms with Gasteiger partial charge in [-0.2, -0.15) is 5.26 Å². The van der Waals surface area contributed by atoms with Gasteiger partial charge in [0.15, 0.2) is 0 Å². The van der Waals surface area contributed by atoms with E-state index in [4.69, 9.17) is 4.74 Å². The molecular weight excluding hydrogens is 455 g/mol. The van der Waals surface area contributed by atoms with Crippen molar-refractivity contribution >= 4 is 29.2 Å². The van der Waals surface area contributed by atoms with Crippen LogP contribution in [0.2, 0.25) is 0 Å². The van der Waals surface area contributed by atoms with Gasteiger partial charge in [0, 0.05) is 61.1 Å². The number of rotatable bonds is 7. The number of nitriles is 1. The van der Waals surface area contributed by atoms with Crippen LogP contribution in [0.5, 0.6) is 5.75 Å². The molecule has 1 aliphatic heterocycles. The van der Waals surface area contributed by atoms with Crippen LogP contribution < -0.4 is 4.74 Å². The lowest BCUT2D eigenvalue weighted by Crippen LogP contribution is -2.48. The highest BCUT2D eigenvalue weighted by molar-refractivity contribution is 5.86. The van der Waals surface area contributed by atoms with Gasteiger partial charge in [-0.25, -0.2) is 14.4 Å². The van der Waals surface area contributed by atoms with Gasteiger partial charge in [-0.05, 0) is 74.5 Å². The lowest BCUT2D eigenvalue weighted by atomic mass is 10.1. The molecule has 0 atom stereocenters. The quantitative estimate of drug-likeness (QED) is 0.382. The minimum absolute atomic E-state index is 0.340. The maximum Gasteiger partial charge on any atom is 0.224 e. The first-order valence-corrected chi connectivity index (χ1v) is 12.0. The number of aliphatic imine (C=N–C) groups is 2. The second-order valence-corrected chi connectivity index (χ2v) is 8.86. The normalized spacial score (nSPS) is 15.2. The number of methoxy groups -OCH3 is 1. The van der Waals surface area contributed by atoms with Crippen LogP contribution in [-0.2, 0) is 6.42 Å². The Kier molecular flexibility index (Phi) is 8.13. The monoisotopic (exact) mass is 486 g/mol. The Hall–Kier alpha value is -3.96. The van der Waals surface area contributed by atoms with Crippen LogP contribution in [0.1, 0.15) is 30.0 Å². The van der Waals surface area contributed by atoms with Gasteiger partial charge in [-0.15, -0.1) is 0 Å². The summed E-state index contributed by atoms with van der Waals surface area (Å²) in [6.45, 7) is 10.1. The Labute approximate surface area is 211 Å². The van der Waals surface area contributed by atoms with Gasteiger partial charge in [0.05, 0.1) is 18.7 Å². The Morgan fingerprint density at radius 1 is 1.22 bits per heavy atom. The summed E-state index contributed by atoms with van der Waals surface area (Å²) in [7, 11) is 1.52. The van der Waals surface area contributed by atoms with E-state index in [1.54, 1.807) is 12.3 Å². The zero-order chi connectivity index (χ0) is 25.5. The number of allylic oxidation sites excluding steroid dienone is 1. The number of aromatic amines is 1. The highest BCUT2D eigenvalue weighted by Crippen LogP contribution is 2.27. The molecule has 186 valence electrons. The van der Waals surface area contributed by atoms with Crippen LogP contribution in [0.25, 0.3) is 16.5 Å². The molecule has 36 heavy (non-hydrogen) atoms. The SMILES string of the molecule is C=NC(=N/C=C(\C)c1ccc(F)cc1OC)N1CCN(CCCc2c[nH]c3ccc(C#N)cc23)CC1. The molecule has 1 saturated heterocycles. The molecule has 0 aliphatic carbocycles. The van der Waals surface area contributed by atoms with Crippen LogP contribution in [0.4, 0.5) is 4.39 Å². The molecule has 0 unspecified atom stereocenters. The van der Waals surface area contributed by atoms with Crippen molar-refractivity contribution in [3.05, 3.63) is 71.3 Å². The summed E-state index contributed by atoms with van der Waals surface area (Å²) in [6, 6.07) is 12.5. The summed E-state index contributed by atoms with van der Waals surface area (Å²) in [4.78, 5) is 16.6. The number of aryl methyl sites for hydroxylation is 1. The summed E-state index contributed by atoms with van der Waals surface area (Å²) in [5.74, 6) is 0.716. The van der Waals surface area contributed by atoms with Gasteiger partial charge in [-0.1, -0.05) is 0 Å². The van der Waals surface area contributed by atoms with Crippen molar-refractivity contribution < 1.29 is 9.13 Å². The molecule has 0 radical (unpaired) electrons. The molecule has 0 saturated carbocycles. The van der Waals surface area contributed by atoms with Gasteiger partial charge in [0.25, 0.3) is 0 Å². The number of H-pyrrole nitrogens is 1. The second-order valence-electron chi connectivity index (χ2n) is 8.86. The third-order valence-electron chi connectivity index (χ3n) is 6.58. The zero-order valence-electron chi connectivity index (χ0n) is 20.8. The number of fused-ring (bicyclic) bond motifs is 1. The third kappa shape index (κ3) is 5.81. The Morgan fingerprint density at radius 2 is 2.03 bits per heavy atom. The number of piperazine rings is 1. The van der Waals surface area contributed by atoms with E-state index in [0.29, 0.717) is 17.3 Å². The average Bonchev–Trinajstić information content (AvgIpc) is 3.31. The van der Waals surface area contributed by atoms with Crippen LogP contribution >= 0.6 is 0 Å². The van der Waals surface area contributed by atoms with Crippen LogP contribution in [0.15, 0.2) is 58.8 Å². The number of aromatic nitrogens is 1. The van der Waals surface area contributed by atoms with Gasteiger partial charge in [0.2, 0.25) is 5.96 Å². The molecule has 1 aromatic heterocycles. The molecule has 2 aromatic carbocycles. The van der Waals surface area contributed by atoms with Crippen molar-refractivity contribution in [3.63, 3.8) is 0 Å². The predicted molar refractivity (Wildman–Crippen MR) is 143 cm³/mol. The maximum absolute atomic E-state index is 13.5. The molecule has 2 heterocycles. The highest BCUT2D eigenvalue weighted by atomic mass is 19.1. The molecule has 1 aliphatic rings. The van der Waals surface area contributed by atoms with E-state index in [2.05, 4.69) is 43.8 Å². The minimum atomic E-state index is -0.340. The fourth-order valence-electron chi connectivity index (χ4n) is 4.56. The number of nitrogens with one attached hydrogen (secondary N) is 1. The Bertz CT molecular complexity index is 1330. The van der Waals surface area contributed by atoms with Crippen LogP contribution in [-0.4, -0.2) is 67.3 Å². The van der Waals surface area contributed by atoms with Crippen molar-refractivity contribution in [1.82, 2.24) is 14.8 Å². The molecule has 0 bridgehead atoms. The Morgan fingerprint density at radius 3 is 2.75 bits per heavy atom. The number of guanidine groups is 1. The van der Waals surface area contributed by atoms with Crippen molar-refractivity contribution in [2.24, 2.45) is 9.98 Å². The predicted octanol–water partition coefficient (Wildman–Crippen LogP) is 4.86. The fraction of sp³-hybridized carbons (Fsp3) is 0.321. The van der Waals surface area contributed by atoms with E-state index in [1.165, 1.54) is 24.8 Å². The molecule has 0 spiro atoms. The van der Waals surface area contributed by atoms with E-state index in [9.17, 15) is 9.65 Å². The number of nitrogens with zero attached hydrogens (tertiary/aromatic N) is 5. The van der Waals surface area contributed by atoms with Crippen molar-refractivity contribution in [2.45, 2.75) is 19.8 Å². The largest absolute Gasteiger partial charge is 0.496 e. The number of ether oxygens (including phenoxy) is 1. The Balaban J connectivity index is 1.31. The molecular formula is C28H31FN6O. The lowest BCUT2D eigenvalue weighted by Gasteiger charge is -2.35. The fourth-order valence-corrected chi connectivity index (χ4v) is 4.56. The number of halogens is 1. The van der Waals surface area contributed by atoms with Gasteiger partial charge in [-0.3, -0.25) is 4.90 Å². The van der Waals surface area contributed by atoms with Gasteiger partial charge >= 0.3 is 0 Å². The molecule has 4 rings (SSSR count). The first-order chi connectivity index (χ1) is 17.5. The molecule has 8 heteroatoms. The van der Waals surface area contributed by atoms with Crippen LogP contribution in [0, 0.1) is 17.1 Å². The molecule has 1 N–H and O–H groups in total. The van der Waals surface area contributed by atoms with Crippen molar-refractivity contribution in [2.75, 3.05) is 39.8 Å². The summed E-state index contributed by atoms with van der Waals surface area (Å²) in [6.07, 6.45) is 5.79. The summed E-state index contributed by atoms with van der Waals surface area (Å²) in [5.41, 5.74) is 4.66. The zero-order valence-corrected chi connectivity index (χ0v) is 20.8. The summed E-state index contributed by atoms with van der Waals surface area (Å²) >= 11 is 0. The molecule has 3 aromatic rings. The van der Waals surface area contributed by atoms with E-state index in [0.717, 1.165) is 67.6 Å². The summed E-state index contributed by atoms with van der Waals surface area (Å²) in [5, 5.41) is 10.3. The van der Waals surface area contributed by atoms with Gasteiger partial charge in [0.1, 0.15) is 11.6 Å². The van der Waals surface area contributed by atoms with E-state index in [1.807, 2.05) is 25.1 Å². The average molecular weight is 487 g/mol. The van der Waals surface area contributed by atoms with Gasteiger partial charge < -0.3 is 14.6 Å². The highest BCUT2D eigenvalue weighted by Gasteiger charge is 2.19. The third-order valence-corrected chi connectivity index (χ3v) is 6.58. The topological polar surface area (TPSA) is 80.0 Å². The van der Waals surface area contributed by atoms with E-state index in [-0.39, 0.29) is 5.82 Å². The van der Waals surface area contributed by atoms with Crippen molar-refractivity contribution in [3.8, 4) is 11.8 Å². The number of hydrogen-bond acceptors (Lipinski definition) is 4. The second kappa shape index (κ2) is 11.6. The lowest BCUT2D eigenvalue weighted by molar-refractivity contribution is 0.180. The van der Waals surface area contributed by atoms with Crippen molar-refractivity contribution in [1.29, 1.82) is 5.26 Å². The minimum Gasteiger partial charge on any atom is -0.496 e. The smallest absolute Gasteiger partial charge is 0.224 e. The summed E-state index contributed by atoms with van der Waals surface area (Å²) < 4.78 is 18.8. The molecule has 0 amide bonds. The number of hydrogen-bond donors (Lipinski definition) is 1. The standard InChI is InChI=1S/C28H31FN6O/c1-20(24-8-7-23(29)16-27(24)36-3)18-33-28(31-2)35-13-11-34(12-14-35)10-4-5-22-19-32-26-9-6-21(17-30)15-25(22)26/h6-9,15-16,18-19,32H,2,4-5,10-14H2,1,3H3/b20-18+,33-28?.